The molecule has 0 aromatic rings. The summed E-state index contributed by atoms with van der Waals surface area (Å²) in [6.45, 7) is 3.81. The van der Waals surface area contributed by atoms with Crippen LogP contribution in [0.4, 0.5) is 0 Å². The Hall–Kier alpha value is -0.0900. The van der Waals surface area contributed by atoms with E-state index in [1.807, 2.05) is 13.8 Å². The van der Waals surface area contributed by atoms with E-state index in [-0.39, 0.29) is 16.2 Å². The van der Waals surface area contributed by atoms with Crippen LogP contribution >= 0.6 is 15.9 Å². The van der Waals surface area contributed by atoms with Crippen LogP contribution < -0.4 is 0 Å². The molecule has 0 bridgehead atoms. The second-order valence-electron chi connectivity index (χ2n) is 3.26. The standard InChI is InChI=1S/C7H11BrO3/c1-7(2,8)4-3-5(9)11-6(4)10/h4,6,10H,3H2,1-2H3. The lowest BCUT2D eigenvalue weighted by Gasteiger charge is -2.24. The van der Waals surface area contributed by atoms with Crippen LogP contribution in [0.2, 0.25) is 0 Å². The van der Waals surface area contributed by atoms with Crippen LogP contribution in [0.5, 0.6) is 0 Å². The van der Waals surface area contributed by atoms with E-state index in [0.717, 1.165) is 0 Å². The number of carbonyl (C=O) groups is 1. The van der Waals surface area contributed by atoms with E-state index in [1.54, 1.807) is 0 Å². The maximum absolute atomic E-state index is 10.7. The highest BCUT2D eigenvalue weighted by atomic mass is 79.9. The van der Waals surface area contributed by atoms with Crippen molar-refractivity contribution in [3.05, 3.63) is 0 Å². The van der Waals surface area contributed by atoms with Gasteiger partial charge >= 0.3 is 5.97 Å². The van der Waals surface area contributed by atoms with E-state index in [2.05, 4.69) is 20.7 Å². The molecule has 4 heteroatoms. The minimum absolute atomic E-state index is 0.144. The molecule has 1 aliphatic rings. The van der Waals surface area contributed by atoms with Crippen molar-refractivity contribution in [3.8, 4) is 0 Å². The second-order valence-corrected chi connectivity index (χ2v) is 5.30. The Labute approximate surface area is 73.9 Å². The molecule has 1 saturated heterocycles. The fraction of sp³-hybridized carbons (Fsp3) is 0.857. The molecule has 1 fully saturated rings. The van der Waals surface area contributed by atoms with Crippen LogP contribution in [0.25, 0.3) is 0 Å². The van der Waals surface area contributed by atoms with Gasteiger partial charge in [-0.1, -0.05) is 15.9 Å². The Morgan fingerprint density at radius 1 is 1.73 bits per heavy atom. The van der Waals surface area contributed by atoms with Gasteiger partial charge in [-0.05, 0) is 13.8 Å². The highest BCUT2D eigenvalue weighted by Crippen LogP contribution is 2.36. The minimum atomic E-state index is -0.947. The number of alkyl halides is 1. The quantitative estimate of drug-likeness (QED) is 0.533. The Kier molecular flexibility index (Phi) is 2.25. The summed E-state index contributed by atoms with van der Waals surface area (Å²) in [6, 6.07) is 0. The molecule has 0 aromatic heterocycles. The van der Waals surface area contributed by atoms with Gasteiger partial charge in [0.2, 0.25) is 6.29 Å². The van der Waals surface area contributed by atoms with Crippen molar-refractivity contribution < 1.29 is 14.6 Å². The maximum atomic E-state index is 10.7. The topological polar surface area (TPSA) is 46.5 Å². The SMILES string of the molecule is CC(C)(Br)C1CC(=O)OC1O. The van der Waals surface area contributed by atoms with Crippen molar-refractivity contribution in [1.29, 1.82) is 0 Å². The molecular formula is C7H11BrO3. The monoisotopic (exact) mass is 222 g/mol. The number of aliphatic hydroxyl groups excluding tert-OH is 1. The van der Waals surface area contributed by atoms with Gasteiger partial charge < -0.3 is 9.84 Å². The van der Waals surface area contributed by atoms with Crippen LogP contribution in [0.15, 0.2) is 0 Å². The van der Waals surface area contributed by atoms with Gasteiger partial charge in [0, 0.05) is 10.2 Å². The highest BCUT2D eigenvalue weighted by molar-refractivity contribution is 9.10. The normalized spacial score (nSPS) is 32.2. The summed E-state index contributed by atoms with van der Waals surface area (Å²) < 4.78 is 4.34. The van der Waals surface area contributed by atoms with Crippen molar-refractivity contribution in [3.63, 3.8) is 0 Å². The van der Waals surface area contributed by atoms with Crippen molar-refractivity contribution in [2.45, 2.75) is 30.9 Å². The maximum Gasteiger partial charge on any atom is 0.308 e. The highest BCUT2D eigenvalue weighted by Gasteiger charge is 2.42. The number of cyclic esters (lactones) is 1. The molecule has 1 aliphatic heterocycles. The largest absolute Gasteiger partial charge is 0.436 e. The molecule has 0 spiro atoms. The third kappa shape index (κ3) is 1.93. The van der Waals surface area contributed by atoms with Gasteiger partial charge in [0.25, 0.3) is 0 Å². The van der Waals surface area contributed by atoms with Crippen molar-refractivity contribution in [1.82, 2.24) is 0 Å². The van der Waals surface area contributed by atoms with Crippen molar-refractivity contribution in [2.24, 2.45) is 5.92 Å². The van der Waals surface area contributed by atoms with E-state index in [4.69, 9.17) is 0 Å². The summed E-state index contributed by atoms with van der Waals surface area (Å²) in [4.78, 5) is 10.7. The zero-order valence-electron chi connectivity index (χ0n) is 6.50. The molecule has 1 N–H and O–H groups in total. The first-order chi connectivity index (χ1) is 4.91. The third-order valence-electron chi connectivity index (χ3n) is 1.86. The molecule has 1 heterocycles. The van der Waals surface area contributed by atoms with Crippen molar-refractivity contribution in [2.75, 3.05) is 0 Å². The number of carbonyl (C=O) groups excluding carboxylic acids is 1. The first-order valence-corrected chi connectivity index (χ1v) is 4.27. The molecule has 11 heavy (non-hydrogen) atoms. The van der Waals surface area contributed by atoms with E-state index >= 15 is 0 Å². The average Bonchev–Trinajstić information content (AvgIpc) is 2.08. The van der Waals surface area contributed by atoms with E-state index in [0.29, 0.717) is 6.42 Å². The first-order valence-electron chi connectivity index (χ1n) is 3.47. The lowest BCUT2D eigenvalue weighted by molar-refractivity contribution is -0.156. The number of hydrogen-bond acceptors (Lipinski definition) is 3. The molecule has 2 atom stereocenters. The molecule has 0 saturated carbocycles. The molecule has 0 amide bonds. The van der Waals surface area contributed by atoms with Gasteiger partial charge in [0.05, 0.1) is 6.42 Å². The van der Waals surface area contributed by atoms with E-state index < -0.39 is 6.29 Å². The number of ether oxygens (including phenoxy) is 1. The summed E-state index contributed by atoms with van der Waals surface area (Å²) in [7, 11) is 0. The van der Waals surface area contributed by atoms with Crippen LogP contribution in [-0.2, 0) is 9.53 Å². The molecule has 3 nitrogen and oxygen atoms in total. The van der Waals surface area contributed by atoms with E-state index in [1.165, 1.54) is 0 Å². The summed E-state index contributed by atoms with van der Waals surface area (Å²) in [5.74, 6) is -0.468. The predicted octanol–water partition coefficient (Wildman–Crippen LogP) is 1.04. The number of aliphatic hydroxyl groups is 1. The molecule has 0 aromatic carbocycles. The lowest BCUT2D eigenvalue weighted by Crippen LogP contribution is -2.30. The molecular weight excluding hydrogens is 212 g/mol. The molecule has 1 rings (SSSR count). The molecule has 64 valence electrons. The first kappa shape index (κ1) is 9.00. The van der Waals surface area contributed by atoms with Gasteiger partial charge in [-0.3, -0.25) is 4.79 Å². The summed E-state index contributed by atoms with van der Waals surface area (Å²) in [5, 5.41) is 9.22. The Morgan fingerprint density at radius 2 is 2.27 bits per heavy atom. The Balaban J connectivity index is 2.67. The summed E-state index contributed by atoms with van der Waals surface area (Å²) in [5.41, 5.74) is 0. The zero-order valence-corrected chi connectivity index (χ0v) is 8.09. The van der Waals surface area contributed by atoms with Crippen LogP contribution in [-0.4, -0.2) is 21.7 Å². The summed E-state index contributed by atoms with van der Waals surface area (Å²) >= 11 is 3.38. The van der Waals surface area contributed by atoms with Crippen LogP contribution in [0.3, 0.4) is 0 Å². The van der Waals surface area contributed by atoms with Gasteiger partial charge in [-0.25, -0.2) is 0 Å². The van der Waals surface area contributed by atoms with E-state index in [9.17, 15) is 9.90 Å². The fourth-order valence-corrected chi connectivity index (χ4v) is 1.52. The van der Waals surface area contributed by atoms with Crippen LogP contribution in [0.1, 0.15) is 20.3 Å². The number of rotatable bonds is 1. The molecule has 2 unspecified atom stereocenters. The van der Waals surface area contributed by atoms with Gasteiger partial charge in [-0.15, -0.1) is 0 Å². The van der Waals surface area contributed by atoms with Gasteiger partial charge in [-0.2, -0.15) is 0 Å². The average molecular weight is 223 g/mol. The molecule has 0 radical (unpaired) electrons. The minimum Gasteiger partial charge on any atom is -0.436 e. The third-order valence-corrected chi connectivity index (χ3v) is 2.45. The van der Waals surface area contributed by atoms with Gasteiger partial charge in [0.15, 0.2) is 0 Å². The second kappa shape index (κ2) is 2.75. The Morgan fingerprint density at radius 3 is 2.45 bits per heavy atom. The number of halogens is 1. The summed E-state index contributed by atoms with van der Waals surface area (Å²) in [6.07, 6.45) is -0.656. The molecule has 0 aliphatic carbocycles. The lowest BCUT2D eigenvalue weighted by atomic mass is 9.94. The fourth-order valence-electron chi connectivity index (χ4n) is 1.13. The zero-order chi connectivity index (χ0) is 8.65. The van der Waals surface area contributed by atoms with Crippen molar-refractivity contribution >= 4 is 21.9 Å². The number of esters is 1. The smallest absolute Gasteiger partial charge is 0.308 e. The van der Waals surface area contributed by atoms with Gasteiger partial charge in [0.1, 0.15) is 0 Å². The van der Waals surface area contributed by atoms with Crippen LogP contribution in [0, 0.1) is 5.92 Å². The number of hydrogen-bond donors (Lipinski definition) is 1. The predicted molar refractivity (Wildman–Crippen MR) is 43.2 cm³/mol. The Bertz CT molecular complexity index is 173.